The second-order valence-corrected chi connectivity index (χ2v) is 6.37. The second-order valence-electron chi connectivity index (χ2n) is 5.97. The smallest absolute Gasteiger partial charge is 0.253 e. The first-order valence-electron chi connectivity index (χ1n) is 8.69. The van der Waals surface area contributed by atoms with E-state index in [1.54, 1.807) is 24.3 Å². The summed E-state index contributed by atoms with van der Waals surface area (Å²) in [4.78, 5) is 24.8. The third kappa shape index (κ3) is 6.17. The van der Waals surface area contributed by atoms with Gasteiger partial charge in [-0.3, -0.25) is 9.59 Å². The van der Waals surface area contributed by atoms with E-state index in [-0.39, 0.29) is 18.2 Å². The van der Waals surface area contributed by atoms with E-state index in [0.29, 0.717) is 23.7 Å². The third-order valence-electron chi connectivity index (χ3n) is 3.97. The lowest BCUT2D eigenvalue weighted by molar-refractivity contribution is -0.121. The number of rotatable bonds is 9. The summed E-state index contributed by atoms with van der Waals surface area (Å²) in [6.07, 6.45) is 1.86. The molecule has 1 unspecified atom stereocenters. The lowest BCUT2D eigenvalue weighted by Gasteiger charge is -2.19. The molecular weight excluding hydrogens is 350 g/mol. The van der Waals surface area contributed by atoms with Crippen molar-refractivity contribution < 1.29 is 9.59 Å². The minimum atomic E-state index is -0.436. The Morgan fingerprint density at radius 3 is 2.38 bits per heavy atom. The van der Waals surface area contributed by atoms with Gasteiger partial charge in [0.2, 0.25) is 5.91 Å². The van der Waals surface area contributed by atoms with Crippen LogP contribution < -0.4 is 16.4 Å². The zero-order chi connectivity index (χ0) is 18.8. The molecule has 0 aliphatic heterocycles. The van der Waals surface area contributed by atoms with Crippen molar-refractivity contribution in [1.29, 1.82) is 0 Å². The van der Waals surface area contributed by atoms with Gasteiger partial charge < -0.3 is 16.4 Å². The maximum atomic E-state index is 12.6. The molecule has 4 N–H and O–H groups in total. The monoisotopic (exact) mass is 373 g/mol. The molecule has 2 aromatic carbocycles. The minimum Gasteiger partial charge on any atom is -0.356 e. The van der Waals surface area contributed by atoms with Crippen molar-refractivity contribution in [3.8, 4) is 0 Å². The molecule has 0 aliphatic carbocycles. The Morgan fingerprint density at radius 1 is 1.00 bits per heavy atom. The standard InChI is InChI=1S/C20H24ClN3O2/c21-17-11-5-4-10-16(17)20(26)24-18(15-8-2-1-3-9-15)14-19(25)23-13-7-6-12-22/h1-5,8-11,18H,6-7,12-14,22H2,(H,23,25)(H,24,26). The number of hydrogen-bond acceptors (Lipinski definition) is 3. The Morgan fingerprint density at radius 2 is 1.69 bits per heavy atom. The number of halogens is 1. The number of unbranched alkanes of at least 4 members (excludes halogenated alkanes) is 1. The molecule has 138 valence electrons. The quantitative estimate of drug-likeness (QED) is 0.590. The lowest BCUT2D eigenvalue weighted by atomic mass is 10.0. The van der Waals surface area contributed by atoms with Crippen molar-refractivity contribution in [3.05, 3.63) is 70.7 Å². The first-order chi connectivity index (χ1) is 12.6. The maximum Gasteiger partial charge on any atom is 0.253 e. The van der Waals surface area contributed by atoms with Crippen LogP contribution in [0.3, 0.4) is 0 Å². The highest BCUT2D eigenvalue weighted by Gasteiger charge is 2.20. The highest BCUT2D eigenvalue weighted by Crippen LogP contribution is 2.20. The zero-order valence-electron chi connectivity index (χ0n) is 14.6. The SMILES string of the molecule is NCCCCNC(=O)CC(NC(=O)c1ccccc1Cl)c1ccccc1. The zero-order valence-corrected chi connectivity index (χ0v) is 15.3. The van der Waals surface area contributed by atoms with Crippen LogP contribution in [0.2, 0.25) is 5.02 Å². The lowest BCUT2D eigenvalue weighted by Crippen LogP contribution is -2.34. The number of benzene rings is 2. The van der Waals surface area contributed by atoms with Gasteiger partial charge in [0.25, 0.3) is 5.91 Å². The van der Waals surface area contributed by atoms with E-state index in [2.05, 4.69) is 10.6 Å². The van der Waals surface area contributed by atoms with Gasteiger partial charge in [0, 0.05) is 6.54 Å². The molecule has 0 aromatic heterocycles. The van der Waals surface area contributed by atoms with E-state index in [0.717, 1.165) is 18.4 Å². The Hall–Kier alpha value is -2.37. The molecule has 0 saturated carbocycles. The predicted molar refractivity (Wildman–Crippen MR) is 104 cm³/mol. The fourth-order valence-electron chi connectivity index (χ4n) is 2.57. The van der Waals surface area contributed by atoms with E-state index < -0.39 is 6.04 Å². The van der Waals surface area contributed by atoms with Gasteiger partial charge in [-0.25, -0.2) is 0 Å². The Kier molecular flexibility index (Phi) is 8.12. The van der Waals surface area contributed by atoms with Gasteiger partial charge in [-0.15, -0.1) is 0 Å². The Bertz CT molecular complexity index is 722. The summed E-state index contributed by atoms with van der Waals surface area (Å²) in [6.45, 7) is 1.19. The first kappa shape index (κ1) is 19.9. The summed E-state index contributed by atoms with van der Waals surface area (Å²) >= 11 is 6.10. The van der Waals surface area contributed by atoms with Crippen molar-refractivity contribution in [2.45, 2.75) is 25.3 Å². The molecule has 5 nitrogen and oxygen atoms in total. The van der Waals surface area contributed by atoms with Gasteiger partial charge in [0.1, 0.15) is 0 Å². The number of carbonyl (C=O) groups is 2. The third-order valence-corrected chi connectivity index (χ3v) is 4.30. The van der Waals surface area contributed by atoms with Gasteiger partial charge in [0.05, 0.1) is 23.0 Å². The Balaban J connectivity index is 2.06. The summed E-state index contributed by atoms with van der Waals surface area (Å²) in [6, 6.07) is 15.8. The highest BCUT2D eigenvalue weighted by molar-refractivity contribution is 6.33. The van der Waals surface area contributed by atoms with Gasteiger partial charge in [0.15, 0.2) is 0 Å². The summed E-state index contributed by atoms with van der Waals surface area (Å²) in [5, 5.41) is 6.17. The number of carbonyl (C=O) groups excluding carboxylic acids is 2. The van der Waals surface area contributed by atoms with Crippen LogP contribution in [0.5, 0.6) is 0 Å². The normalized spacial score (nSPS) is 11.6. The van der Waals surface area contributed by atoms with Gasteiger partial charge >= 0.3 is 0 Å². The van der Waals surface area contributed by atoms with E-state index in [1.165, 1.54) is 0 Å². The molecule has 0 spiro atoms. The van der Waals surface area contributed by atoms with Gasteiger partial charge in [-0.1, -0.05) is 54.1 Å². The molecule has 0 bridgehead atoms. The van der Waals surface area contributed by atoms with E-state index >= 15 is 0 Å². The van der Waals surface area contributed by atoms with Gasteiger partial charge in [-0.2, -0.15) is 0 Å². The van der Waals surface area contributed by atoms with Crippen molar-refractivity contribution >= 4 is 23.4 Å². The van der Waals surface area contributed by atoms with Crippen molar-refractivity contribution in [3.63, 3.8) is 0 Å². The number of amides is 2. The number of nitrogens with two attached hydrogens (primary N) is 1. The molecule has 0 fully saturated rings. The average Bonchev–Trinajstić information content (AvgIpc) is 2.65. The van der Waals surface area contributed by atoms with E-state index in [1.807, 2.05) is 30.3 Å². The highest BCUT2D eigenvalue weighted by atomic mass is 35.5. The van der Waals surface area contributed by atoms with Crippen LogP contribution in [0.25, 0.3) is 0 Å². The minimum absolute atomic E-state index is 0.115. The molecular formula is C20H24ClN3O2. The predicted octanol–water partition coefficient (Wildman–Crippen LogP) is 3.06. The molecule has 0 aliphatic rings. The summed E-state index contributed by atoms with van der Waals surface area (Å²) in [5.41, 5.74) is 6.71. The molecule has 1 atom stereocenters. The van der Waals surface area contributed by atoms with Gasteiger partial charge in [-0.05, 0) is 37.1 Å². The number of nitrogens with one attached hydrogen (secondary N) is 2. The molecule has 2 amide bonds. The topological polar surface area (TPSA) is 84.2 Å². The first-order valence-corrected chi connectivity index (χ1v) is 9.06. The van der Waals surface area contributed by atoms with Crippen molar-refractivity contribution in [2.75, 3.05) is 13.1 Å². The molecule has 2 rings (SSSR count). The second kappa shape index (κ2) is 10.6. The van der Waals surface area contributed by atoms with E-state index in [4.69, 9.17) is 17.3 Å². The molecule has 0 saturated heterocycles. The number of hydrogen-bond donors (Lipinski definition) is 3. The largest absolute Gasteiger partial charge is 0.356 e. The fraction of sp³-hybridized carbons (Fsp3) is 0.300. The summed E-state index contributed by atoms with van der Waals surface area (Å²) in [7, 11) is 0. The van der Waals surface area contributed by atoms with Crippen molar-refractivity contribution in [2.24, 2.45) is 5.73 Å². The van der Waals surface area contributed by atoms with Crippen molar-refractivity contribution in [1.82, 2.24) is 10.6 Å². The van der Waals surface area contributed by atoms with Crippen LogP contribution in [-0.4, -0.2) is 24.9 Å². The molecule has 0 heterocycles. The molecule has 2 aromatic rings. The average molecular weight is 374 g/mol. The summed E-state index contributed by atoms with van der Waals surface area (Å²) < 4.78 is 0. The Labute approximate surface area is 158 Å². The maximum absolute atomic E-state index is 12.6. The molecule has 6 heteroatoms. The van der Waals surface area contributed by atoms with Crippen LogP contribution in [-0.2, 0) is 4.79 Å². The van der Waals surface area contributed by atoms with Crippen LogP contribution in [0.1, 0.15) is 41.2 Å². The van der Waals surface area contributed by atoms with Crippen LogP contribution in [0.4, 0.5) is 0 Å². The van der Waals surface area contributed by atoms with E-state index in [9.17, 15) is 9.59 Å². The summed E-state index contributed by atoms with van der Waals surface area (Å²) in [5.74, 6) is -0.421. The fourth-order valence-corrected chi connectivity index (χ4v) is 2.80. The van der Waals surface area contributed by atoms with Crippen LogP contribution >= 0.6 is 11.6 Å². The molecule has 0 radical (unpaired) electrons. The van der Waals surface area contributed by atoms with Crippen LogP contribution in [0.15, 0.2) is 54.6 Å². The molecule has 26 heavy (non-hydrogen) atoms. The van der Waals surface area contributed by atoms with Crippen LogP contribution in [0, 0.1) is 0 Å².